The second-order valence-electron chi connectivity index (χ2n) is 10.2. The third kappa shape index (κ3) is 6.73. The molecule has 230 valence electrons. The predicted molar refractivity (Wildman–Crippen MR) is 169 cm³/mol. The molecule has 44 heavy (non-hydrogen) atoms. The second kappa shape index (κ2) is 13.7. The van der Waals surface area contributed by atoms with E-state index in [0.717, 1.165) is 16.9 Å². The van der Waals surface area contributed by atoms with Crippen molar-refractivity contribution in [1.82, 2.24) is 9.66 Å². The Morgan fingerprint density at radius 3 is 2.52 bits per heavy atom. The number of nitrogens with zero attached hydrogens (tertiary/aromatic N) is 4. The lowest BCUT2D eigenvalue weighted by Crippen LogP contribution is -2.26. The number of aryl methyl sites for hydroxylation is 1. The largest absolute Gasteiger partial charge is 0.494 e. The van der Waals surface area contributed by atoms with E-state index in [1.54, 1.807) is 31.2 Å². The van der Waals surface area contributed by atoms with Crippen molar-refractivity contribution >= 4 is 40.4 Å². The second-order valence-corrected chi connectivity index (χ2v) is 10.6. The molecule has 0 aliphatic carbocycles. The van der Waals surface area contributed by atoms with E-state index in [4.69, 9.17) is 30.8 Å². The number of ether oxygens (including phenoxy) is 3. The summed E-state index contributed by atoms with van der Waals surface area (Å²) in [7, 11) is 0. The molecule has 4 aromatic rings. The molecule has 0 N–H and O–H groups in total. The average Bonchev–Trinajstić information content (AvgIpc) is 2.97. The molecule has 4 rings (SSSR count). The Kier molecular flexibility index (Phi) is 10.00. The predicted octanol–water partition coefficient (Wildman–Crippen LogP) is 6.67. The van der Waals surface area contributed by atoms with Crippen molar-refractivity contribution < 1.29 is 23.9 Å². The third-order valence-corrected chi connectivity index (χ3v) is 7.03. The van der Waals surface area contributed by atoms with Gasteiger partial charge in [-0.05, 0) is 75.1 Å². The Bertz CT molecular complexity index is 1820. The van der Waals surface area contributed by atoms with E-state index in [0.29, 0.717) is 23.1 Å². The fourth-order valence-corrected chi connectivity index (χ4v) is 4.88. The molecular weight excluding hydrogens is 588 g/mol. The van der Waals surface area contributed by atoms with E-state index in [9.17, 15) is 19.7 Å². The number of hydrogen-bond acceptors (Lipinski definition) is 9. The number of fused-ring (bicyclic) bond motifs is 1. The lowest BCUT2D eigenvalue weighted by molar-refractivity contribution is -0.386. The van der Waals surface area contributed by atoms with Gasteiger partial charge in [0.2, 0.25) is 5.75 Å². The number of benzene rings is 3. The average molecular weight is 621 g/mol. The molecule has 3 aromatic carbocycles. The Balaban J connectivity index is 1.88. The molecule has 0 saturated heterocycles. The van der Waals surface area contributed by atoms with Crippen molar-refractivity contribution in [2.45, 2.75) is 53.6 Å². The van der Waals surface area contributed by atoms with Crippen LogP contribution in [0.1, 0.15) is 57.2 Å². The van der Waals surface area contributed by atoms with Crippen molar-refractivity contribution in [3.63, 3.8) is 0 Å². The van der Waals surface area contributed by atoms with Crippen LogP contribution >= 0.6 is 11.6 Å². The maximum atomic E-state index is 13.8. The summed E-state index contributed by atoms with van der Waals surface area (Å²) in [6.45, 7) is 11.6. The van der Waals surface area contributed by atoms with Crippen LogP contribution in [0.15, 0.2) is 58.4 Å². The first-order valence-electron chi connectivity index (χ1n) is 14.1. The van der Waals surface area contributed by atoms with Gasteiger partial charge in [0, 0.05) is 17.2 Å². The number of halogens is 1. The number of nitro benzene ring substituents is 1. The summed E-state index contributed by atoms with van der Waals surface area (Å²) in [6, 6.07) is 13.4. The van der Waals surface area contributed by atoms with Crippen molar-refractivity contribution in [3.05, 3.63) is 90.7 Å². The van der Waals surface area contributed by atoms with Crippen molar-refractivity contribution in [3.8, 4) is 22.9 Å². The van der Waals surface area contributed by atoms with Gasteiger partial charge in [-0.25, -0.2) is 9.78 Å². The van der Waals surface area contributed by atoms with Gasteiger partial charge >= 0.3 is 11.7 Å². The monoisotopic (exact) mass is 620 g/mol. The smallest absolute Gasteiger partial charge is 0.347 e. The van der Waals surface area contributed by atoms with Gasteiger partial charge in [0.25, 0.3) is 5.56 Å². The number of rotatable bonds is 11. The quantitative estimate of drug-likeness (QED) is 0.0785. The Hall–Kier alpha value is -4.77. The lowest BCUT2D eigenvalue weighted by atomic mass is 9.96. The van der Waals surface area contributed by atoms with Gasteiger partial charge in [0.15, 0.2) is 11.9 Å². The van der Waals surface area contributed by atoms with Crippen molar-refractivity contribution in [1.29, 1.82) is 0 Å². The number of carbonyl (C=O) groups is 1. The highest BCUT2D eigenvalue weighted by Gasteiger charge is 2.26. The van der Waals surface area contributed by atoms with Gasteiger partial charge in [-0.3, -0.25) is 14.9 Å². The Labute approximate surface area is 259 Å². The van der Waals surface area contributed by atoms with E-state index in [-0.39, 0.29) is 34.7 Å². The number of esters is 1. The zero-order chi connectivity index (χ0) is 32.1. The fraction of sp³-hybridized carbons (Fsp3) is 0.312. The summed E-state index contributed by atoms with van der Waals surface area (Å²) in [5.41, 5.74) is 2.25. The van der Waals surface area contributed by atoms with Crippen LogP contribution in [0.3, 0.4) is 0 Å². The zero-order valence-electron chi connectivity index (χ0n) is 25.3. The molecule has 0 amide bonds. The van der Waals surface area contributed by atoms with E-state index in [1.165, 1.54) is 29.9 Å². The number of carbonyl (C=O) groups excluding carboxylic acids is 1. The van der Waals surface area contributed by atoms with Crippen LogP contribution in [0, 0.1) is 17.0 Å². The first-order valence-corrected chi connectivity index (χ1v) is 14.5. The van der Waals surface area contributed by atoms with Gasteiger partial charge in [0.1, 0.15) is 5.75 Å². The summed E-state index contributed by atoms with van der Waals surface area (Å²) in [5.74, 6) is 0.185. The van der Waals surface area contributed by atoms with E-state index in [1.807, 2.05) is 39.8 Å². The normalized spacial score (nSPS) is 12.1. The first kappa shape index (κ1) is 32.2. The molecule has 0 fully saturated rings. The van der Waals surface area contributed by atoms with Gasteiger partial charge in [-0.15, -0.1) is 0 Å². The fourth-order valence-electron chi connectivity index (χ4n) is 4.61. The molecule has 0 spiro atoms. The topological polar surface area (TPSA) is 135 Å². The highest BCUT2D eigenvalue weighted by atomic mass is 35.5. The van der Waals surface area contributed by atoms with Crippen LogP contribution in [-0.4, -0.2) is 46.1 Å². The standard InChI is InChI=1S/C32H33ClN4O7/c1-7-42-28-13-19(5)24(16-23(28)18(3)4)30-35-26-12-10-9-11-22(26)31(38)36(30)34-17-21-14-25(33)29(27(15-21)37(40)41)44-20(6)32(39)43-8-2/h9-18,20H,7-8H2,1-6H3/t20-/m1/s1. The van der Waals surface area contributed by atoms with E-state index in [2.05, 4.69) is 5.10 Å². The molecule has 0 aliphatic heterocycles. The highest BCUT2D eigenvalue weighted by molar-refractivity contribution is 6.32. The molecule has 11 nitrogen and oxygen atoms in total. The van der Waals surface area contributed by atoms with Gasteiger partial charge in [-0.1, -0.05) is 37.6 Å². The molecule has 1 aromatic heterocycles. The molecule has 1 heterocycles. The summed E-state index contributed by atoms with van der Waals surface area (Å²) >= 11 is 6.40. The maximum Gasteiger partial charge on any atom is 0.347 e. The Morgan fingerprint density at radius 1 is 1.14 bits per heavy atom. The molecule has 12 heteroatoms. The summed E-state index contributed by atoms with van der Waals surface area (Å²) < 4.78 is 17.5. The first-order chi connectivity index (χ1) is 21.0. The molecule has 0 unspecified atom stereocenters. The van der Waals surface area contributed by atoms with Crippen LogP contribution in [0.25, 0.3) is 22.3 Å². The molecule has 0 saturated carbocycles. The molecule has 1 atom stereocenters. The van der Waals surface area contributed by atoms with Crippen LogP contribution in [0.5, 0.6) is 11.5 Å². The van der Waals surface area contributed by atoms with Gasteiger partial charge in [-0.2, -0.15) is 9.78 Å². The minimum absolute atomic E-state index is 0.120. The van der Waals surface area contributed by atoms with Crippen LogP contribution in [0.4, 0.5) is 5.69 Å². The van der Waals surface area contributed by atoms with Crippen molar-refractivity contribution in [2.24, 2.45) is 5.10 Å². The molecule has 0 radical (unpaired) electrons. The summed E-state index contributed by atoms with van der Waals surface area (Å²) in [6.07, 6.45) is 0.148. The van der Waals surface area contributed by atoms with Crippen LogP contribution < -0.4 is 15.0 Å². The lowest BCUT2D eigenvalue weighted by Gasteiger charge is -2.18. The van der Waals surface area contributed by atoms with Gasteiger partial charge < -0.3 is 14.2 Å². The SMILES string of the molecule is CCOC(=O)[C@@H](C)Oc1c(Cl)cc(C=Nn2c(-c3cc(C(C)C)c(OCC)cc3C)nc3ccccc3c2=O)cc1[N+](=O)[O-]. The third-order valence-electron chi connectivity index (χ3n) is 6.75. The maximum absolute atomic E-state index is 13.8. The van der Waals surface area contributed by atoms with Crippen LogP contribution in [-0.2, 0) is 9.53 Å². The zero-order valence-corrected chi connectivity index (χ0v) is 26.0. The minimum Gasteiger partial charge on any atom is -0.494 e. The van der Waals surface area contributed by atoms with Crippen molar-refractivity contribution in [2.75, 3.05) is 13.2 Å². The number of para-hydroxylation sites is 1. The molecule has 0 aliphatic rings. The van der Waals surface area contributed by atoms with E-state index < -0.39 is 28.2 Å². The number of aromatic nitrogens is 2. The number of hydrogen-bond donors (Lipinski definition) is 0. The van der Waals surface area contributed by atoms with Crippen LogP contribution in [0.2, 0.25) is 5.02 Å². The number of nitro groups is 1. The summed E-state index contributed by atoms with van der Waals surface area (Å²) in [4.78, 5) is 41.9. The highest BCUT2D eigenvalue weighted by Crippen LogP contribution is 2.37. The van der Waals surface area contributed by atoms with E-state index >= 15 is 0 Å². The minimum atomic E-state index is -1.14. The van der Waals surface area contributed by atoms with Gasteiger partial charge in [0.05, 0.1) is 40.3 Å². The molecular formula is C32H33ClN4O7. The Morgan fingerprint density at radius 2 is 1.86 bits per heavy atom. The summed E-state index contributed by atoms with van der Waals surface area (Å²) in [5, 5.41) is 16.6. The molecule has 0 bridgehead atoms.